The summed E-state index contributed by atoms with van der Waals surface area (Å²) in [4.78, 5) is 18.2. The maximum Gasteiger partial charge on any atom is 0.406 e. The Labute approximate surface area is 215 Å². The van der Waals surface area contributed by atoms with Crippen LogP contribution in [-0.4, -0.2) is 45.7 Å². The van der Waals surface area contributed by atoms with E-state index in [2.05, 4.69) is 15.3 Å². The van der Waals surface area contributed by atoms with Gasteiger partial charge in [-0.15, -0.1) is 5.10 Å². The Morgan fingerprint density at radius 2 is 1.92 bits per heavy atom. The zero-order chi connectivity index (χ0) is 27.0. The fraction of sp³-hybridized carbons (Fsp3) is 0.259. The van der Waals surface area contributed by atoms with Gasteiger partial charge in [0.2, 0.25) is 0 Å². The first-order valence-corrected chi connectivity index (χ1v) is 11.8. The number of carbonyl (C=O) groups excluding carboxylic acids is 1. The van der Waals surface area contributed by atoms with Gasteiger partial charge in [-0.05, 0) is 61.7 Å². The van der Waals surface area contributed by atoms with Crippen LogP contribution in [0.2, 0.25) is 0 Å². The van der Waals surface area contributed by atoms with Crippen molar-refractivity contribution in [3.05, 3.63) is 78.0 Å². The van der Waals surface area contributed by atoms with Gasteiger partial charge in [-0.3, -0.25) is 9.78 Å². The van der Waals surface area contributed by atoms with Crippen molar-refractivity contribution in [1.29, 1.82) is 0 Å². The van der Waals surface area contributed by atoms with Gasteiger partial charge >= 0.3 is 6.18 Å². The van der Waals surface area contributed by atoms with Gasteiger partial charge in [0.1, 0.15) is 29.8 Å². The van der Waals surface area contributed by atoms with Gasteiger partial charge in [0.25, 0.3) is 5.91 Å². The largest absolute Gasteiger partial charge is 0.496 e. The molecule has 0 bridgehead atoms. The number of rotatable bonds is 5. The summed E-state index contributed by atoms with van der Waals surface area (Å²) < 4.78 is 61.6. The summed E-state index contributed by atoms with van der Waals surface area (Å²) in [7, 11) is 1.55. The van der Waals surface area contributed by atoms with Gasteiger partial charge in [0, 0.05) is 28.6 Å². The summed E-state index contributed by atoms with van der Waals surface area (Å²) in [6, 6.07) is 12.0. The van der Waals surface area contributed by atoms with Crippen LogP contribution in [0.15, 0.2) is 60.9 Å². The molecule has 0 radical (unpaired) electrons. The second-order valence-corrected chi connectivity index (χ2v) is 9.02. The Bertz CT molecular complexity index is 1500. The zero-order valence-corrected chi connectivity index (χ0v) is 20.5. The highest BCUT2D eigenvalue weighted by Crippen LogP contribution is 2.36. The zero-order valence-electron chi connectivity index (χ0n) is 20.5. The maximum absolute atomic E-state index is 14.5. The van der Waals surface area contributed by atoms with Crippen molar-refractivity contribution in [1.82, 2.24) is 20.0 Å². The molecule has 1 amide bonds. The molecule has 0 unspecified atom stereocenters. The molecular weight excluding hydrogens is 502 g/mol. The van der Waals surface area contributed by atoms with Gasteiger partial charge in [-0.25, -0.2) is 9.07 Å². The first-order valence-electron chi connectivity index (χ1n) is 11.8. The van der Waals surface area contributed by atoms with Crippen LogP contribution in [0, 0.1) is 12.7 Å². The van der Waals surface area contributed by atoms with E-state index in [1.165, 1.54) is 29.1 Å². The number of alkyl halides is 3. The number of aromatic nitrogens is 4. The van der Waals surface area contributed by atoms with E-state index in [-0.39, 0.29) is 24.1 Å². The number of anilines is 1. The molecule has 5 rings (SSSR count). The Morgan fingerprint density at radius 1 is 1.11 bits per heavy atom. The maximum atomic E-state index is 14.5. The summed E-state index contributed by atoms with van der Waals surface area (Å²) in [5, 5.41) is 8.23. The van der Waals surface area contributed by atoms with Crippen molar-refractivity contribution in [2.24, 2.45) is 0 Å². The first kappa shape index (κ1) is 25.4. The molecule has 2 aromatic carbocycles. The van der Waals surface area contributed by atoms with Crippen LogP contribution < -0.4 is 9.64 Å². The lowest BCUT2D eigenvalue weighted by atomic mass is 10.0. The molecular formula is C27H23F4N5O2. The minimum atomic E-state index is -4.67. The third kappa shape index (κ3) is 4.96. The normalized spacial score (nSPS) is 15.8. The van der Waals surface area contributed by atoms with Crippen molar-refractivity contribution in [2.45, 2.75) is 32.0 Å². The van der Waals surface area contributed by atoms with Gasteiger partial charge in [-0.2, -0.15) is 13.2 Å². The molecule has 0 aliphatic carbocycles. The molecule has 7 nitrogen and oxygen atoms in total. The molecule has 0 saturated heterocycles. The van der Waals surface area contributed by atoms with E-state index in [4.69, 9.17) is 4.74 Å². The van der Waals surface area contributed by atoms with Gasteiger partial charge < -0.3 is 9.64 Å². The number of carbonyl (C=O) groups is 1. The molecule has 0 spiro atoms. The molecule has 1 atom stereocenters. The second-order valence-electron chi connectivity index (χ2n) is 9.02. The first-order chi connectivity index (χ1) is 18.1. The molecule has 3 heterocycles. The lowest BCUT2D eigenvalue weighted by molar-refractivity contribution is -0.134. The van der Waals surface area contributed by atoms with Gasteiger partial charge in [-0.1, -0.05) is 17.3 Å². The van der Waals surface area contributed by atoms with Crippen molar-refractivity contribution >= 4 is 11.6 Å². The molecule has 11 heteroatoms. The van der Waals surface area contributed by atoms with Crippen molar-refractivity contribution in [3.63, 3.8) is 0 Å². The van der Waals surface area contributed by atoms with Crippen molar-refractivity contribution in [2.75, 3.05) is 18.6 Å². The number of amides is 1. The Morgan fingerprint density at radius 3 is 2.66 bits per heavy atom. The number of hydrogen-bond donors (Lipinski definition) is 0. The highest BCUT2D eigenvalue weighted by atomic mass is 19.4. The van der Waals surface area contributed by atoms with Crippen LogP contribution >= 0.6 is 0 Å². The summed E-state index contributed by atoms with van der Waals surface area (Å²) >= 11 is 0. The summed E-state index contributed by atoms with van der Waals surface area (Å²) in [5.41, 5.74) is 3.66. The number of hydrogen-bond acceptors (Lipinski definition) is 5. The van der Waals surface area contributed by atoms with Crippen LogP contribution in [0.5, 0.6) is 5.75 Å². The van der Waals surface area contributed by atoms with E-state index in [1.807, 2.05) is 31.2 Å². The second kappa shape index (κ2) is 9.88. The Kier molecular flexibility index (Phi) is 6.60. The van der Waals surface area contributed by atoms with Crippen LogP contribution in [-0.2, 0) is 11.2 Å². The van der Waals surface area contributed by atoms with Crippen molar-refractivity contribution < 1.29 is 27.1 Å². The SMILES string of the molecule is COc1cc(-c2cn([C@H]3CCc4c(F)cccc4N(CC(F)(F)F)C3=O)nn2)ccc1-c1ccnc(C)c1. The standard InChI is InChI=1S/C27H23F4N5O2/c1-16-12-17(10-11-32-16)19-7-6-18(13-25(19)38-2)22-14-36(34-33-22)24-9-8-20-21(28)4-3-5-23(20)35(26(24)37)15-27(29,30)31/h3-7,10-14,24H,8-9,15H2,1-2H3/t24-/m0/s1. The summed E-state index contributed by atoms with van der Waals surface area (Å²) in [6.45, 7) is 0.355. The highest BCUT2D eigenvalue weighted by Gasteiger charge is 2.40. The number of benzene rings is 2. The third-order valence-corrected chi connectivity index (χ3v) is 6.48. The molecule has 0 N–H and O–H groups in total. The van der Waals surface area contributed by atoms with E-state index >= 15 is 0 Å². The summed E-state index contributed by atoms with van der Waals surface area (Å²) in [6.07, 6.45) is -1.33. The number of methoxy groups -OCH3 is 1. The lowest BCUT2D eigenvalue weighted by Gasteiger charge is -2.26. The number of nitrogens with zero attached hydrogens (tertiary/aromatic N) is 5. The number of fused-ring (bicyclic) bond motifs is 1. The Hall–Kier alpha value is -4.28. The average Bonchev–Trinajstić information content (AvgIpc) is 3.32. The van der Waals surface area contributed by atoms with Crippen LogP contribution in [0.3, 0.4) is 0 Å². The van der Waals surface area contributed by atoms with Crippen molar-refractivity contribution in [3.8, 4) is 28.1 Å². The fourth-order valence-corrected chi connectivity index (χ4v) is 4.70. The van der Waals surface area contributed by atoms with E-state index in [1.54, 1.807) is 19.4 Å². The van der Waals surface area contributed by atoms with E-state index in [0.717, 1.165) is 16.8 Å². The predicted octanol–water partition coefficient (Wildman–Crippen LogP) is 5.55. The van der Waals surface area contributed by atoms with Crippen LogP contribution in [0.25, 0.3) is 22.4 Å². The molecule has 2 aromatic heterocycles. The molecule has 4 aromatic rings. The molecule has 1 aliphatic rings. The average molecular weight is 526 g/mol. The topological polar surface area (TPSA) is 73.1 Å². The van der Waals surface area contributed by atoms with Gasteiger partial charge in [0.05, 0.1) is 19.0 Å². The number of ether oxygens (including phenoxy) is 1. The minimum absolute atomic E-state index is 0.0631. The fourth-order valence-electron chi connectivity index (χ4n) is 4.70. The number of halogens is 4. The molecule has 196 valence electrons. The van der Waals surface area contributed by atoms with Crippen LogP contribution in [0.4, 0.5) is 23.2 Å². The lowest BCUT2D eigenvalue weighted by Crippen LogP contribution is -2.42. The molecule has 0 saturated carbocycles. The van der Waals surface area contributed by atoms with E-state index < -0.39 is 30.5 Å². The molecule has 0 fully saturated rings. The predicted molar refractivity (Wildman–Crippen MR) is 132 cm³/mol. The monoisotopic (exact) mass is 525 g/mol. The number of aryl methyl sites for hydroxylation is 1. The number of pyridine rings is 1. The highest BCUT2D eigenvalue weighted by molar-refractivity contribution is 5.97. The smallest absolute Gasteiger partial charge is 0.406 e. The quantitative estimate of drug-likeness (QED) is 0.320. The molecule has 1 aliphatic heterocycles. The minimum Gasteiger partial charge on any atom is -0.496 e. The Balaban J connectivity index is 1.48. The van der Waals surface area contributed by atoms with Crippen LogP contribution in [0.1, 0.15) is 23.7 Å². The van der Waals surface area contributed by atoms with Gasteiger partial charge in [0.15, 0.2) is 0 Å². The van der Waals surface area contributed by atoms with E-state index in [0.29, 0.717) is 21.9 Å². The summed E-state index contributed by atoms with van der Waals surface area (Å²) in [5.74, 6) is -0.904. The molecule has 38 heavy (non-hydrogen) atoms. The van der Waals surface area contributed by atoms with E-state index in [9.17, 15) is 22.4 Å². The third-order valence-electron chi connectivity index (χ3n) is 6.48.